The van der Waals surface area contributed by atoms with Crippen molar-refractivity contribution in [1.82, 2.24) is 19.1 Å². The fraction of sp³-hybridized carbons (Fsp3) is 0.600. The summed E-state index contributed by atoms with van der Waals surface area (Å²) >= 11 is 0. The number of nitrogens with zero attached hydrogens (tertiary/aromatic N) is 2. The van der Waals surface area contributed by atoms with Crippen molar-refractivity contribution in [3.8, 4) is 0 Å². The lowest BCUT2D eigenvalue weighted by Crippen LogP contribution is -2.33. The maximum Gasteiger partial charge on any atom is 0.330 e. The fourth-order valence-corrected chi connectivity index (χ4v) is 3.65. The molecule has 4 heterocycles. The van der Waals surface area contributed by atoms with Crippen molar-refractivity contribution in [3.05, 3.63) is 65.2 Å². The van der Waals surface area contributed by atoms with Gasteiger partial charge in [-0.25, -0.2) is 18.4 Å². The van der Waals surface area contributed by atoms with Gasteiger partial charge in [-0.2, -0.15) is 0 Å². The largest absolute Gasteiger partial charge is 0.394 e. The molecule has 12 nitrogen and oxygen atoms in total. The summed E-state index contributed by atoms with van der Waals surface area (Å²) in [6.45, 7) is 2.21. The zero-order chi connectivity index (χ0) is 25.2. The number of ether oxygens (including phenoxy) is 2. The first-order valence-corrected chi connectivity index (χ1v) is 10.5. The van der Waals surface area contributed by atoms with Crippen LogP contribution in [0.2, 0.25) is 0 Å². The molecule has 0 aliphatic carbocycles. The van der Waals surface area contributed by atoms with Crippen molar-refractivity contribution in [3.63, 3.8) is 0 Å². The van der Waals surface area contributed by atoms with Crippen LogP contribution in [0.4, 0.5) is 8.78 Å². The second kappa shape index (κ2) is 10.5. The van der Waals surface area contributed by atoms with E-state index in [1.165, 1.54) is 12.4 Å². The van der Waals surface area contributed by atoms with Crippen LogP contribution in [0.1, 0.15) is 36.4 Å². The summed E-state index contributed by atoms with van der Waals surface area (Å²) in [5, 5.41) is 17.7. The molecule has 2 aliphatic heterocycles. The first-order chi connectivity index (χ1) is 16.0. The van der Waals surface area contributed by atoms with Crippen molar-refractivity contribution in [1.29, 1.82) is 0 Å². The molecule has 6 atom stereocenters. The quantitative estimate of drug-likeness (QED) is 0.422. The van der Waals surface area contributed by atoms with Gasteiger partial charge in [0.15, 0.2) is 0 Å². The number of hydrogen-bond acceptors (Lipinski definition) is 8. The molecule has 0 spiro atoms. The van der Waals surface area contributed by atoms with Crippen molar-refractivity contribution in [2.24, 2.45) is 0 Å². The van der Waals surface area contributed by atoms with Crippen LogP contribution < -0.4 is 22.5 Å². The molecule has 14 heteroatoms. The first kappa shape index (κ1) is 25.7. The number of aliphatic hydroxyl groups is 2. The molecule has 0 aromatic carbocycles. The Labute approximate surface area is 190 Å². The SMILES string of the molecule is Cc1cn([C@H]2C[C@H](F)[C@@H](CO)O2)c(=O)[nH]c1=O.Cc1cn([C@H]2C[C@H](F)[C@@H](CO)O2)c(=O)[nH]c1=O. The number of halogens is 2. The molecular formula is C20H26F2N4O8. The number of aliphatic hydroxyl groups excluding tert-OH is 2. The highest BCUT2D eigenvalue weighted by atomic mass is 19.1. The lowest BCUT2D eigenvalue weighted by atomic mass is 10.2. The van der Waals surface area contributed by atoms with Gasteiger partial charge in [-0.15, -0.1) is 0 Å². The highest BCUT2D eigenvalue weighted by molar-refractivity contribution is 5.03. The summed E-state index contributed by atoms with van der Waals surface area (Å²) < 4.78 is 39.4. The third kappa shape index (κ3) is 5.41. The number of aryl methyl sites for hydroxylation is 2. The number of alkyl halides is 2. The topological polar surface area (TPSA) is 169 Å². The Hall–Kier alpha value is -2.94. The second-order valence-corrected chi connectivity index (χ2v) is 8.08. The maximum absolute atomic E-state index is 13.4. The minimum atomic E-state index is -1.32. The van der Waals surface area contributed by atoms with Crippen LogP contribution in [0, 0.1) is 13.8 Å². The van der Waals surface area contributed by atoms with Gasteiger partial charge < -0.3 is 19.7 Å². The van der Waals surface area contributed by atoms with Gasteiger partial charge >= 0.3 is 11.4 Å². The van der Waals surface area contributed by atoms with E-state index < -0.39 is 72.7 Å². The summed E-state index contributed by atoms with van der Waals surface area (Å²) in [5.74, 6) is 0. The Morgan fingerprint density at radius 2 is 1.18 bits per heavy atom. The van der Waals surface area contributed by atoms with E-state index in [1.54, 1.807) is 13.8 Å². The summed E-state index contributed by atoms with van der Waals surface area (Å²) in [7, 11) is 0. The van der Waals surface area contributed by atoms with Gasteiger partial charge in [0.2, 0.25) is 0 Å². The van der Waals surface area contributed by atoms with Crippen LogP contribution in [0.15, 0.2) is 31.6 Å². The van der Waals surface area contributed by atoms with Crippen LogP contribution in [0.3, 0.4) is 0 Å². The molecule has 2 fully saturated rings. The van der Waals surface area contributed by atoms with Crippen molar-refractivity contribution in [2.45, 2.75) is 63.7 Å². The van der Waals surface area contributed by atoms with E-state index in [0.29, 0.717) is 11.1 Å². The van der Waals surface area contributed by atoms with Gasteiger partial charge in [0, 0.05) is 36.4 Å². The molecule has 188 valence electrons. The Bertz CT molecular complexity index is 1140. The number of aromatic nitrogens is 4. The molecule has 2 aromatic rings. The molecule has 0 radical (unpaired) electrons. The standard InChI is InChI=1S/2C10H13FN2O4/c2*1-5-3-13(10(16)12-9(5)15)8-2-6(11)7(4-14)17-8/h2*3,6-8,14H,2,4H2,1H3,(H,12,15,16)/t2*6-,7+,8+/m00/s1. The third-order valence-corrected chi connectivity index (χ3v) is 5.60. The van der Waals surface area contributed by atoms with Crippen LogP contribution in [0.25, 0.3) is 0 Å². The van der Waals surface area contributed by atoms with Gasteiger partial charge in [-0.1, -0.05) is 0 Å². The average Bonchev–Trinajstić information content (AvgIpc) is 3.35. The lowest BCUT2D eigenvalue weighted by Gasteiger charge is -2.14. The summed E-state index contributed by atoms with van der Waals surface area (Å²) in [5.41, 5.74) is -1.54. The molecule has 4 N–H and O–H groups in total. The zero-order valence-electron chi connectivity index (χ0n) is 18.4. The summed E-state index contributed by atoms with van der Waals surface area (Å²) in [6.07, 6.45) is -3.41. The molecule has 0 bridgehead atoms. The normalized spacial score (nSPS) is 28.5. The van der Waals surface area contributed by atoms with Crippen molar-refractivity contribution in [2.75, 3.05) is 13.2 Å². The Morgan fingerprint density at radius 1 is 0.824 bits per heavy atom. The van der Waals surface area contributed by atoms with Gasteiger partial charge in [-0.3, -0.25) is 28.7 Å². The van der Waals surface area contributed by atoms with E-state index in [1.807, 2.05) is 0 Å². The van der Waals surface area contributed by atoms with Gasteiger partial charge in [0.1, 0.15) is 37.0 Å². The predicted molar refractivity (Wildman–Crippen MR) is 113 cm³/mol. The van der Waals surface area contributed by atoms with Crippen molar-refractivity contribution < 1.29 is 28.5 Å². The van der Waals surface area contributed by atoms with Crippen LogP contribution >= 0.6 is 0 Å². The molecule has 0 saturated carbocycles. The van der Waals surface area contributed by atoms with Gasteiger partial charge in [0.05, 0.1) is 13.2 Å². The van der Waals surface area contributed by atoms with E-state index in [4.69, 9.17) is 19.7 Å². The second-order valence-electron chi connectivity index (χ2n) is 8.08. The number of hydrogen-bond donors (Lipinski definition) is 4. The van der Waals surface area contributed by atoms with E-state index >= 15 is 0 Å². The number of rotatable bonds is 4. The minimum Gasteiger partial charge on any atom is -0.394 e. The number of aromatic amines is 2. The summed E-state index contributed by atoms with van der Waals surface area (Å²) in [4.78, 5) is 49.6. The zero-order valence-corrected chi connectivity index (χ0v) is 18.4. The number of H-pyrrole nitrogens is 2. The fourth-order valence-electron chi connectivity index (χ4n) is 3.65. The van der Waals surface area contributed by atoms with E-state index in [0.717, 1.165) is 9.13 Å². The Morgan fingerprint density at radius 3 is 1.47 bits per heavy atom. The summed E-state index contributed by atoms with van der Waals surface area (Å²) in [6, 6.07) is 0. The van der Waals surface area contributed by atoms with Crippen molar-refractivity contribution >= 4 is 0 Å². The molecular weight excluding hydrogens is 462 g/mol. The van der Waals surface area contributed by atoms with Crippen LogP contribution in [-0.4, -0.2) is 67.1 Å². The maximum atomic E-state index is 13.4. The van der Waals surface area contributed by atoms with Crippen LogP contribution in [-0.2, 0) is 9.47 Å². The van der Waals surface area contributed by atoms with E-state index in [2.05, 4.69) is 9.97 Å². The molecule has 2 saturated heterocycles. The Balaban J connectivity index is 0.000000191. The molecule has 4 rings (SSSR count). The van der Waals surface area contributed by atoms with E-state index in [-0.39, 0.29) is 12.8 Å². The number of nitrogens with one attached hydrogen (secondary N) is 2. The third-order valence-electron chi connectivity index (χ3n) is 5.60. The van der Waals surface area contributed by atoms with Crippen LogP contribution in [0.5, 0.6) is 0 Å². The molecule has 0 amide bonds. The highest BCUT2D eigenvalue weighted by Gasteiger charge is 2.37. The molecule has 34 heavy (non-hydrogen) atoms. The average molecular weight is 488 g/mol. The molecule has 2 aromatic heterocycles. The smallest absolute Gasteiger partial charge is 0.330 e. The van der Waals surface area contributed by atoms with E-state index in [9.17, 15) is 28.0 Å². The Kier molecular flexibility index (Phi) is 7.97. The van der Waals surface area contributed by atoms with Gasteiger partial charge in [0.25, 0.3) is 11.1 Å². The minimum absolute atomic E-state index is 0.0172. The molecule has 2 aliphatic rings. The van der Waals surface area contributed by atoms with Gasteiger partial charge in [-0.05, 0) is 13.8 Å². The molecule has 0 unspecified atom stereocenters. The lowest BCUT2D eigenvalue weighted by molar-refractivity contribution is -0.0356. The monoisotopic (exact) mass is 488 g/mol. The first-order valence-electron chi connectivity index (χ1n) is 10.5. The highest BCUT2D eigenvalue weighted by Crippen LogP contribution is 2.30. The predicted octanol–water partition coefficient (Wildman–Crippen LogP) is -1.07.